The van der Waals surface area contributed by atoms with Crippen molar-refractivity contribution in [2.45, 2.75) is 46.8 Å². The van der Waals surface area contributed by atoms with Gasteiger partial charge in [0.1, 0.15) is 12.2 Å². The molecule has 0 amide bonds. The van der Waals surface area contributed by atoms with Gasteiger partial charge in [-0.05, 0) is 11.8 Å². The second-order valence-electron chi connectivity index (χ2n) is 5.17. The molecule has 5 heteroatoms. The quantitative estimate of drug-likeness (QED) is 0.747. The summed E-state index contributed by atoms with van der Waals surface area (Å²) < 4.78 is 1.92. The van der Waals surface area contributed by atoms with Crippen molar-refractivity contribution in [2.75, 3.05) is 6.61 Å². The summed E-state index contributed by atoms with van der Waals surface area (Å²) in [7, 11) is 0. The highest BCUT2D eigenvalue weighted by Gasteiger charge is 2.13. The third-order valence-electron chi connectivity index (χ3n) is 2.76. The van der Waals surface area contributed by atoms with Gasteiger partial charge < -0.3 is 10.4 Å². The predicted octanol–water partition coefficient (Wildman–Crippen LogP) is 1.04. The molecule has 0 fully saturated rings. The molecule has 0 saturated carbocycles. The lowest BCUT2D eigenvalue weighted by molar-refractivity contribution is 0.208. The molecule has 1 atom stereocenters. The summed E-state index contributed by atoms with van der Waals surface area (Å²) in [6.45, 7) is 10.2. The third-order valence-corrected chi connectivity index (χ3v) is 2.76. The van der Waals surface area contributed by atoms with E-state index in [9.17, 15) is 5.11 Å². The van der Waals surface area contributed by atoms with E-state index in [0.717, 1.165) is 12.4 Å². The molecule has 2 N–H and O–H groups in total. The van der Waals surface area contributed by atoms with Crippen LogP contribution in [0.25, 0.3) is 0 Å². The van der Waals surface area contributed by atoms with E-state index in [0.29, 0.717) is 18.4 Å². The smallest absolute Gasteiger partial charge is 0.140 e. The van der Waals surface area contributed by atoms with Crippen molar-refractivity contribution in [3.05, 3.63) is 12.2 Å². The Balaban J connectivity index is 2.53. The predicted molar refractivity (Wildman–Crippen MR) is 67.4 cm³/mol. The summed E-state index contributed by atoms with van der Waals surface area (Å²) in [4.78, 5) is 4.24. The van der Waals surface area contributed by atoms with Gasteiger partial charge in [-0.15, -0.1) is 0 Å². The van der Waals surface area contributed by atoms with Gasteiger partial charge in [0.2, 0.25) is 0 Å². The Bertz CT molecular complexity index is 322. The number of rotatable bonds is 7. The summed E-state index contributed by atoms with van der Waals surface area (Å²) in [5.41, 5.74) is 0. The fourth-order valence-corrected chi connectivity index (χ4v) is 1.66. The molecule has 0 aliphatic rings. The molecule has 1 unspecified atom stereocenters. The maximum absolute atomic E-state index is 9.23. The lowest BCUT2D eigenvalue weighted by Gasteiger charge is -2.19. The van der Waals surface area contributed by atoms with E-state index in [1.165, 1.54) is 0 Å². The molecule has 0 aromatic carbocycles. The summed E-state index contributed by atoms with van der Waals surface area (Å²) >= 11 is 0. The van der Waals surface area contributed by atoms with Gasteiger partial charge >= 0.3 is 0 Å². The molecule has 0 aliphatic heterocycles. The monoisotopic (exact) mass is 240 g/mol. The van der Waals surface area contributed by atoms with Crippen LogP contribution in [0.5, 0.6) is 0 Å². The first-order valence-electron chi connectivity index (χ1n) is 6.25. The van der Waals surface area contributed by atoms with Crippen LogP contribution in [0.15, 0.2) is 6.33 Å². The number of nitrogens with zero attached hydrogens (tertiary/aromatic N) is 3. The SMILES string of the molecule is CC(C)Cn1ncnc1CNC(CO)C(C)C. The van der Waals surface area contributed by atoms with E-state index in [4.69, 9.17) is 0 Å². The number of nitrogens with one attached hydrogen (secondary N) is 1. The van der Waals surface area contributed by atoms with Crippen LogP contribution in [0.4, 0.5) is 0 Å². The minimum atomic E-state index is 0.110. The van der Waals surface area contributed by atoms with Crippen molar-refractivity contribution in [3.8, 4) is 0 Å². The van der Waals surface area contributed by atoms with Gasteiger partial charge in [0.05, 0.1) is 13.2 Å². The van der Waals surface area contributed by atoms with Crippen molar-refractivity contribution in [1.29, 1.82) is 0 Å². The van der Waals surface area contributed by atoms with Crippen LogP contribution < -0.4 is 5.32 Å². The summed E-state index contributed by atoms with van der Waals surface area (Å²) in [5, 5.41) is 16.8. The van der Waals surface area contributed by atoms with E-state index < -0.39 is 0 Å². The minimum Gasteiger partial charge on any atom is -0.395 e. The van der Waals surface area contributed by atoms with Crippen molar-refractivity contribution in [1.82, 2.24) is 20.1 Å². The number of aromatic nitrogens is 3. The first-order chi connectivity index (χ1) is 8.04. The van der Waals surface area contributed by atoms with Crippen LogP contribution in [0.2, 0.25) is 0 Å². The molecule has 1 aromatic heterocycles. The van der Waals surface area contributed by atoms with Crippen LogP contribution in [-0.2, 0) is 13.1 Å². The van der Waals surface area contributed by atoms with E-state index in [2.05, 4.69) is 43.1 Å². The Morgan fingerprint density at radius 3 is 2.59 bits per heavy atom. The third kappa shape index (κ3) is 4.44. The van der Waals surface area contributed by atoms with Gasteiger partial charge in [-0.2, -0.15) is 5.10 Å². The normalized spacial score (nSPS) is 13.6. The average molecular weight is 240 g/mol. The second kappa shape index (κ2) is 6.71. The van der Waals surface area contributed by atoms with E-state index >= 15 is 0 Å². The Morgan fingerprint density at radius 1 is 1.35 bits per heavy atom. The van der Waals surface area contributed by atoms with E-state index in [1.807, 2.05) is 4.68 Å². The van der Waals surface area contributed by atoms with Gasteiger partial charge in [0.15, 0.2) is 0 Å². The van der Waals surface area contributed by atoms with E-state index in [1.54, 1.807) is 6.33 Å². The Morgan fingerprint density at radius 2 is 2.06 bits per heavy atom. The molecule has 0 radical (unpaired) electrons. The van der Waals surface area contributed by atoms with Gasteiger partial charge in [-0.1, -0.05) is 27.7 Å². The molecule has 17 heavy (non-hydrogen) atoms. The minimum absolute atomic E-state index is 0.110. The van der Waals surface area contributed by atoms with Gasteiger partial charge in [-0.3, -0.25) is 0 Å². The number of aliphatic hydroxyl groups is 1. The average Bonchev–Trinajstić information content (AvgIpc) is 2.65. The molecule has 0 aliphatic carbocycles. The fourth-order valence-electron chi connectivity index (χ4n) is 1.66. The molecule has 1 aromatic rings. The summed E-state index contributed by atoms with van der Waals surface area (Å²) in [6, 6.07) is 0.110. The second-order valence-corrected chi connectivity index (χ2v) is 5.17. The lowest BCUT2D eigenvalue weighted by Crippen LogP contribution is -2.37. The van der Waals surface area contributed by atoms with Crippen molar-refractivity contribution >= 4 is 0 Å². The largest absolute Gasteiger partial charge is 0.395 e. The molecular formula is C12H24N4O. The molecule has 0 bridgehead atoms. The number of hydrogen-bond donors (Lipinski definition) is 2. The highest BCUT2D eigenvalue weighted by molar-refractivity contribution is 4.85. The van der Waals surface area contributed by atoms with Crippen molar-refractivity contribution in [2.24, 2.45) is 11.8 Å². The van der Waals surface area contributed by atoms with Gasteiger partial charge in [0, 0.05) is 12.6 Å². The number of aliphatic hydroxyl groups excluding tert-OH is 1. The van der Waals surface area contributed by atoms with Crippen molar-refractivity contribution in [3.63, 3.8) is 0 Å². The van der Waals surface area contributed by atoms with Crippen LogP contribution in [0.1, 0.15) is 33.5 Å². The van der Waals surface area contributed by atoms with Crippen molar-refractivity contribution < 1.29 is 5.11 Å². The first-order valence-corrected chi connectivity index (χ1v) is 6.25. The summed E-state index contributed by atoms with van der Waals surface area (Å²) in [5.74, 6) is 1.88. The van der Waals surface area contributed by atoms with Crippen LogP contribution in [0, 0.1) is 11.8 Å². The zero-order valence-corrected chi connectivity index (χ0v) is 11.2. The molecule has 0 spiro atoms. The van der Waals surface area contributed by atoms with Gasteiger partial charge in [-0.25, -0.2) is 9.67 Å². The molecule has 5 nitrogen and oxygen atoms in total. The molecule has 1 heterocycles. The van der Waals surface area contributed by atoms with Crippen LogP contribution >= 0.6 is 0 Å². The zero-order valence-electron chi connectivity index (χ0n) is 11.2. The topological polar surface area (TPSA) is 63.0 Å². The van der Waals surface area contributed by atoms with E-state index in [-0.39, 0.29) is 12.6 Å². The highest BCUT2D eigenvalue weighted by Crippen LogP contribution is 2.04. The Kier molecular flexibility index (Phi) is 5.58. The maximum atomic E-state index is 9.23. The van der Waals surface area contributed by atoms with Gasteiger partial charge in [0.25, 0.3) is 0 Å². The number of hydrogen-bond acceptors (Lipinski definition) is 4. The summed E-state index contributed by atoms with van der Waals surface area (Å²) in [6.07, 6.45) is 1.59. The van der Waals surface area contributed by atoms with Crippen LogP contribution in [0.3, 0.4) is 0 Å². The first kappa shape index (κ1) is 14.1. The van der Waals surface area contributed by atoms with Crippen LogP contribution in [-0.4, -0.2) is 32.5 Å². The highest BCUT2D eigenvalue weighted by atomic mass is 16.3. The fraction of sp³-hybridized carbons (Fsp3) is 0.833. The molecule has 98 valence electrons. The standard InChI is InChI=1S/C12H24N4O/c1-9(2)6-16-12(14-8-15-16)5-13-11(7-17)10(3)4/h8-11,13,17H,5-7H2,1-4H3. The maximum Gasteiger partial charge on any atom is 0.140 e. The zero-order chi connectivity index (χ0) is 12.8. The molecular weight excluding hydrogens is 216 g/mol. The Hall–Kier alpha value is -0.940. The lowest BCUT2D eigenvalue weighted by atomic mass is 10.1. The molecule has 0 saturated heterocycles. The Labute approximate surface area is 103 Å². The molecule has 1 rings (SSSR count).